The molecule has 0 fully saturated rings. The van der Waals surface area contributed by atoms with Gasteiger partial charge in [-0.15, -0.1) is 0 Å². The van der Waals surface area contributed by atoms with Crippen molar-refractivity contribution < 1.29 is 17.2 Å². The Labute approximate surface area is 147 Å². The summed E-state index contributed by atoms with van der Waals surface area (Å²) in [6.07, 6.45) is 0.761. The molecule has 0 aliphatic carbocycles. The first kappa shape index (κ1) is 17.3. The van der Waals surface area contributed by atoms with Crippen molar-refractivity contribution in [2.24, 2.45) is 0 Å². The lowest BCUT2D eigenvalue weighted by Crippen LogP contribution is -2.04. The van der Waals surface area contributed by atoms with E-state index < -0.39 is 26.4 Å². The molecule has 0 spiro atoms. The van der Waals surface area contributed by atoms with Gasteiger partial charge in [-0.25, -0.2) is 17.2 Å². The fraction of sp³-hybridized carbons (Fsp3) is 0.0556. The number of nitrogens with zero attached hydrogens (tertiary/aromatic N) is 1. The third-order valence-electron chi connectivity index (χ3n) is 3.64. The van der Waals surface area contributed by atoms with Gasteiger partial charge in [-0.2, -0.15) is 16.6 Å². The molecular weight excluding hydrogens is 364 g/mol. The van der Waals surface area contributed by atoms with Crippen LogP contribution in [-0.2, 0) is 9.84 Å². The minimum absolute atomic E-state index is 0.237. The fourth-order valence-electron chi connectivity index (χ4n) is 2.57. The van der Waals surface area contributed by atoms with Gasteiger partial charge in [0.1, 0.15) is 16.5 Å². The average molecular weight is 375 g/mol. The standard InChI is InChI=1S/C18H11F2NO2S2/c1-25(22,23)18-16(19)6-13(7-17(18)20)15-10-24-9-14(15)12-4-2-3-11(5-12)8-21/h2-7,9-10H,1H3. The van der Waals surface area contributed by atoms with Crippen LogP contribution in [0.1, 0.15) is 5.56 Å². The van der Waals surface area contributed by atoms with Crippen LogP contribution in [0.25, 0.3) is 22.3 Å². The van der Waals surface area contributed by atoms with Gasteiger partial charge >= 0.3 is 0 Å². The second-order valence-corrected chi connectivity index (χ2v) is 8.13. The Hall–Kier alpha value is -2.56. The van der Waals surface area contributed by atoms with Gasteiger partial charge in [0, 0.05) is 17.4 Å². The Morgan fingerprint density at radius 3 is 2.16 bits per heavy atom. The van der Waals surface area contributed by atoms with Gasteiger partial charge in [0.25, 0.3) is 0 Å². The maximum Gasteiger partial charge on any atom is 0.181 e. The first-order valence-corrected chi connectivity index (χ1v) is 9.91. The molecular formula is C18H11F2NO2S2. The summed E-state index contributed by atoms with van der Waals surface area (Å²) in [5.41, 5.74) is 2.73. The summed E-state index contributed by atoms with van der Waals surface area (Å²) in [5.74, 6) is -2.25. The molecule has 7 heteroatoms. The molecule has 1 heterocycles. The van der Waals surface area contributed by atoms with Crippen molar-refractivity contribution in [2.75, 3.05) is 6.26 Å². The Morgan fingerprint density at radius 2 is 1.60 bits per heavy atom. The normalized spacial score (nSPS) is 11.3. The predicted molar refractivity (Wildman–Crippen MR) is 92.9 cm³/mol. The van der Waals surface area contributed by atoms with E-state index in [9.17, 15) is 17.2 Å². The molecule has 2 aromatic carbocycles. The van der Waals surface area contributed by atoms with Crippen LogP contribution < -0.4 is 0 Å². The number of hydrogen-bond acceptors (Lipinski definition) is 4. The van der Waals surface area contributed by atoms with Crippen LogP contribution in [-0.4, -0.2) is 14.7 Å². The zero-order valence-electron chi connectivity index (χ0n) is 13.0. The highest BCUT2D eigenvalue weighted by Crippen LogP contribution is 2.37. The highest BCUT2D eigenvalue weighted by Gasteiger charge is 2.22. The van der Waals surface area contributed by atoms with E-state index in [1.54, 1.807) is 29.6 Å². The minimum Gasteiger partial charge on any atom is -0.224 e. The van der Waals surface area contributed by atoms with E-state index in [-0.39, 0.29) is 5.56 Å². The predicted octanol–water partition coefficient (Wildman–Crippen LogP) is 4.64. The van der Waals surface area contributed by atoms with Gasteiger partial charge in [0.2, 0.25) is 0 Å². The molecule has 3 rings (SSSR count). The summed E-state index contributed by atoms with van der Waals surface area (Å²) in [7, 11) is -4.00. The topological polar surface area (TPSA) is 57.9 Å². The number of benzene rings is 2. The molecule has 3 nitrogen and oxygen atoms in total. The molecule has 0 N–H and O–H groups in total. The summed E-state index contributed by atoms with van der Waals surface area (Å²) in [5, 5.41) is 12.6. The fourth-order valence-corrected chi connectivity index (χ4v) is 4.26. The van der Waals surface area contributed by atoms with Crippen LogP contribution >= 0.6 is 11.3 Å². The van der Waals surface area contributed by atoms with E-state index in [4.69, 9.17) is 5.26 Å². The molecule has 0 bridgehead atoms. The van der Waals surface area contributed by atoms with Gasteiger partial charge < -0.3 is 0 Å². The molecule has 0 atom stereocenters. The number of halogens is 2. The third kappa shape index (κ3) is 3.31. The zero-order valence-corrected chi connectivity index (χ0v) is 14.6. The molecule has 0 saturated carbocycles. The highest BCUT2D eigenvalue weighted by atomic mass is 32.2. The van der Waals surface area contributed by atoms with E-state index in [0.717, 1.165) is 24.0 Å². The lowest BCUT2D eigenvalue weighted by atomic mass is 9.98. The summed E-state index contributed by atoms with van der Waals surface area (Å²) >= 11 is 1.34. The zero-order chi connectivity index (χ0) is 18.2. The average Bonchev–Trinajstić information content (AvgIpc) is 3.02. The second-order valence-electron chi connectivity index (χ2n) is 5.43. The number of rotatable bonds is 3. The largest absolute Gasteiger partial charge is 0.224 e. The summed E-state index contributed by atoms with van der Waals surface area (Å²) in [6.45, 7) is 0. The van der Waals surface area contributed by atoms with E-state index >= 15 is 0 Å². The van der Waals surface area contributed by atoms with Crippen LogP contribution in [0.5, 0.6) is 0 Å². The van der Waals surface area contributed by atoms with Crippen LogP contribution in [0.4, 0.5) is 8.78 Å². The monoisotopic (exact) mass is 375 g/mol. The molecule has 0 aliphatic rings. The molecule has 126 valence electrons. The van der Waals surface area contributed by atoms with Crippen LogP contribution in [0.15, 0.2) is 52.1 Å². The van der Waals surface area contributed by atoms with Crippen molar-refractivity contribution >= 4 is 21.2 Å². The van der Waals surface area contributed by atoms with Crippen molar-refractivity contribution in [3.05, 3.63) is 64.4 Å². The first-order valence-electron chi connectivity index (χ1n) is 7.07. The van der Waals surface area contributed by atoms with Gasteiger partial charge in [-0.05, 0) is 46.2 Å². The second kappa shape index (κ2) is 6.39. The Bertz CT molecular complexity index is 1090. The van der Waals surface area contributed by atoms with Crippen LogP contribution in [0.2, 0.25) is 0 Å². The van der Waals surface area contributed by atoms with Gasteiger partial charge in [0.15, 0.2) is 9.84 Å². The molecule has 3 aromatic rings. The number of nitriles is 1. The van der Waals surface area contributed by atoms with E-state index in [1.807, 2.05) is 11.4 Å². The third-order valence-corrected chi connectivity index (χ3v) is 5.52. The SMILES string of the molecule is CS(=O)(=O)c1c(F)cc(-c2cscc2-c2cccc(C#N)c2)cc1F. The molecule has 0 aliphatic heterocycles. The van der Waals surface area contributed by atoms with Crippen molar-refractivity contribution in [3.63, 3.8) is 0 Å². The molecule has 0 saturated heterocycles. The molecule has 1 aromatic heterocycles. The highest BCUT2D eigenvalue weighted by molar-refractivity contribution is 7.90. The Balaban J connectivity index is 2.17. The molecule has 0 unspecified atom stereocenters. The van der Waals surface area contributed by atoms with E-state index in [2.05, 4.69) is 0 Å². The molecule has 0 amide bonds. The number of sulfone groups is 1. The molecule has 25 heavy (non-hydrogen) atoms. The summed E-state index contributed by atoms with van der Waals surface area (Å²) in [6, 6.07) is 10.9. The van der Waals surface area contributed by atoms with Crippen LogP contribution in [0.3, 0.4) is 0 Å². The molecule has 0 radical (unpaired) electrons. The van der Waals surface area contributed by atoms with E-state index in [1.165, 1.54) is 11.3 Å². The van der Waals surface area contributed by atoms with Crippen molar-refractivity contribution in [1.29, 1.82) is 5.26 Å². The van der Waals surface area contributed by atoms with Crippen molar-refractivity contribution in [3.8, 4) is 28.3 Å². The van der Waals surface area contributed by atoms with Gasteiger partial charge in [-0.1, -0.05) is 12.1 Å². The lowest BCUT2D eigenvalue weighted by molar-refractivity contribution is 0.522. The quantitative estimate of drug-likeness (QED) is 0.670. The number of hydrogen-bond donors (Lipinski definition) is 0. The van der Waals surface area contributed by atoms with Crippen molar-refractivity contribution in [1.82, 2.24) is 0 Å². The van der Waals surface area contributed by atoms with Gasteiger partial charge in [-0.3, -0.25) is 0 Å². The lowest BCUT2D eigenvalue weighted by Gasteiger charge is -2.09. The maximum atomic E-state index is 14.2. The smallest absolute Gasteiger partial charge is 0.181 e. The first-order chi connectivity index (χ1) is 11.8. The summed E-state index contributed by atoms with van der Waals surface area (Å²) in [4.78, 5) is -0.931. The van der Waals surface area contributed by atoms with E-state index in [0.29, 0.717) is 16.7 Å². The van der Waals surface area contributed by atoms with Crippen LogP contribution in [0, 0.1) is 23.0 Å². The Kier molecular flexibility index (Phi) is 4.41. The van der Waals surface area contributed by atoms with Gasteiger partial charge in [0.05, 0.1) is 11.6 Å². The van der Waals surface area contributed by atoms with Crippen molar-refractivity contribution in [2.45, 2.75) is 4.90 Å². The Morgan fingerprint density at radius 1 is 1.00 bits per heavy atom. The summed E-state index contributed by atoms with van der Waals surface area (Å²) < 4.78 is 51.4. The maximum absolute atomic E-state index is 14.2. The number of thiophene rings is 1. The minimum atomic E-state index is -4.00.